The van der Waals surface area contributed by atoms with E-state index in [1.54, 1.807) is 19.9 Å². The van der Waals surface area contributed by atoms with Gasteiger partial charge in [-0.25, -0.2) is 22.7 Å². The minimum absolute atomic E-state index is 0.0646. The molecular formula is C15H18N8O2S. The largest absolute Gasteiger partial charge is 0.399 e. The van der Waals surface area contributed by atoms with Crippen LogP contribution in [-0.2, 0) is 16.4 Å². The Hall–Kier alpha value is -3.08. The van der Waals surface area contributed by atoms with Crippen molar-refractivity contribution in [3.8, 4) is 0 Å². The van der Waals surface area contributed by atoms with Crippen molar-refractivity contribution in [3.63, 3.8) is 0 Å². The second kappa shape index (κ2) is 7.04. The minimum atomic E-state index is -3.89. The van der Waals surface area contributed by atoms with Gasteiger partial charge >= 0.3 is 0 Å². The zero-order valence-electron chi connectivity index (χ0n) is 14.3. The van der Waals surface area contributed by atoms with Gasteiger partial charge in [0.2, 0.25) is 5.95 Å². The molecule has 3 aromatic rings. The first-order valence-electron chi connectivity index (χ1n) is 7.79. The maximum absolute atomic E-state index is 13.2. The van der Waals surface area contributed by atoms with Gasteiger partial charge in [-0.15, -0.1) is 10.2 Å². The number of benzene rings is 1. The molecule has 0 saturated heterocycles. The second-order valence-electron chi connectivity index (χ2n) is 5.67. The van der Waals surface area contributed by atoms with E-state index in [4.69, 9.17) is 5.73 Å². The van der Waals surface area contributed by atoms with Crippen molar-refractivity contribution in [1.29, 1.82) is 0 Å². The highest BCUT2D eigenvalue weighted by Crippen LogP contribution is 2.22. The van der Waals surface area contributed by atoms with E-state index in [2.05, 4.69) is 30.6 Å². The van der Waals surface area contributed by atoms with Crippen LogP contribution in [0.1, 0.15) is 17.2 Å². The monoisotopic (exact) mass is 374 g/mol. The van der Waals surface area contributed by atoms with Crippen molar-refractivity contribution >= 4 is 21.7 Å². The summed E-state index contributed by atoms with van der Waals surface area (Å²) in [5.41, 5.74) is 7.48. The number of rotatable bonds is 6. The van der Waals surface area contributed by atoms with Gasteiger partial charge in [0.25, 0.3) is 10.0 Å². The van der Waals surface area contributed by atoms with E-state index in [0.717, 1.165) is 4.31 Å². The quantitative estimate of drug-likeness (QED) is 0.598. The molecule has 0 spiro atoms. The average Bonchev–Trinajstić information content (AvgIpc) is 3.08. The predicted molar refractivity (Wildman–Crippen MR) is 94.8 cm³/mol. The first kappa shape index (κ1) is 17.7. The van der Waals surface area contributed by atoms with Crippen molar-refractivity contribution in [2.45, 2.75) is 25.2 Å². The molecule has 3 rings (SSSR count). The molecule has 0 aliphatic heterocycles. The first-order valence-corrected chi connectivity index (χ1v) is 9.23. The molecule has 11 heteroatoms. The molecule has 0 radical (unpaired) electrons. The van der Waals surface area contributed by atoms with E-state index >= 15 is 0 Å². The third-order valence-corrected chi connectivity index (χ3v) is 5.38. The van der Waals surface area contributed by atoms with Crippen LogP contribution in [0.25, 0.3) is 0 Å². The maximum atomic E-state index is 13.2. The molecule has 0 amide bonds. The Bertz CT molecular complexity index is 967. The topological polar surface area (TPSA) is 144 Å². The number of H-pyrrole nitrogens is 1. The Kier molecular flexibility index (Phi) is 4.80. The number of hydrogen-bond acceptors (Lipinski definition) is 8. The van der Waals surface area contributed by atoms with Crippen LogP contribution in [0.5, 0.6) is 0 Å². The zero-order valence-corrected chi connectivity index (χ0v) is 15.1. The molecule has 2 aromatic heterocycles. The Morgan fingerprint density at radius 1 is 1.12 bits per heavy atom. The Morgan fingerprint density at radius 2 is 1.77 bits per heavy atom. The van der Waals surface area contributed by atoms with Crippen LogP contribution in [0.3, 0.4) is 0 Å². The Labute approximate surface area is 150 Å². The normalized spacial score (nSPS) is 11.5. The predicted octanol–water partition coefficient (Wildman–Crippen LogP) is 0.627. The molecule has 0 aliphatic carbocycles. The van der Waals surface area contributed by atoms with Gasteiger partial charge in [-0.05, 0) is 44.2 Å². The van der Waals surface area contributed by atoms with E-state index in [1.807, 2.05) is 0 Å². The smallest absolute Gasteiger partial charge is 0.266 e. The van der Waals surface area contributed by atoms with Crippen LogP contribution < -0.4 is 10.0 Å². The number of tetrazole rings is 1. The number of nitrogen functional groups attached to an aromatic ring is 1. The molecule has 0 aliphatic rings. The number of nitrogens with zero attached hydrogens (tertiary/aromatic N) is 6. The summed E-state index contributed by atoms with van der Waals surface area (Å²) >= 11 is 0. The molecule has 0 fully saturated rings. The maximum Gasteiger partial charge on any atom is 0.266 e. The van der Waals surface area contributed by atoms with Crippen molar-refractivity contribution in [1.82, 2.24) is 30.6 Å². The van der Waals surface area contributed by atoms with Crippen molar-refractivity contribution in [2.75, 3.05) is 16.6 Å². The summed E-state index contributed by atoms with van der Waals surface area (Å²) in [7, 11) is -3.89. The fourth-order valence-corrected chi connectivity index (χ4v) is 3.77. The molecule has 0 bridgehead atoms. The van der Waals surface area contributed by atoms with Gasteiger partial charge in [0, 0.05) is 30.0 Å². The number of nitrogens with one attached hydrogen (secondary N) is 1. The molecule has 3 N–H and O–H groups in total. The number of anilines is 2. The van der Waals surface area contributed by atoms with E-state index in [-0.39, 0.29) is 23.8 Å². The van der Waals surface area contributed by atoms with Crippen LogP contribution in [-0.4, -0.2) is 45.6 Å². The van der Waals surface area contributed by atoms with Gasteiger partial charge in [0.15, 0.2) is 5.82 Å². The standard InChI is InChI=1S/C15H18N8O2S/c1-10-9-11(2)18-15(17-10)23(8-7-14-19-21-22-20-14)26(24,25)13-5-3-12(16)4-6-13/h3-6,9H,7-8,16H2,1-2H3,(H,19,20,21,22). The third kappa shape index (κ3) is 3.77. The van der Waals surface area contributed by atoms with Crippen molar-refractivity contribution in [3.05, 3.63) is 47.5 Å². The molecule has 2 heterocycles. The number of aryl methyl sites for hydroxylation is 2. The summed E-state index contributed by atoms with van der Waals surface area (Å²) in [6.45, 7) is 3.63. The van der Waals surface area contributed by atoms with Crippen molar-refractivity contribution < 1.29 is 8.42 Å². The van der Waals surface area contributed by atoms with E-state index < -0.39 is 10.0 Å². The van der Waals surface area contributed by atoms with Gasteiger partial charge in [-0.1, -0.05) is 5.21 Å². The van der Waals surface area contributed by atoms with Crippen LogP contribution in [0.2, 0.25) is 0 Å². The highest BCUT2D eigenvalue weighted by atomic mass is 32.2. The Balaban J connectivity index is 2.02. The number of sulfonamides is 1. The summed E-state index contributed by atoms with van der Waals surface area (Å²) in [6, 6.07) is 7.75. The van der Waals surface area contributed by atoms with Gasteiger partial charge in [0.1, 0.15) is 0 Å². The third-order valence-electron chi connectivity index (χ3n) is 3.59. The molecule has 0 unspecified atom stereocenters. The SMILES string of the molecule is Cc1cc(C)nc(N(CCc2nn[nH]n2)S(=O)(=O)c2ccc(N)cc2)n1. The Morgan fingerprint density at radius 3 is 2.35 bits per heavy atom. The molecule has 0 saturated carbocycles. The number of aromatic amines is 1. The summed E-state index contributed by atoms with van der Waals surface area (Å²) in [5, 5.41) is 13.5. The number of nitrogens with two attached hydrogens (primary N) is 1. The number of hydrogen-bond donors (Lipinski definition) is 2. The highest BCUT2D eigenvalue weighted by molar-refractivity contribution is 7.92. The molecule has 1 aromatic carbocycles. The summed E-state index contributed by atoms with van der Waals surface area (Å²) in [6.07, 6.45) is 0.251. The molecule has 136 valence electrons. The van der Waals surface area contributed by atoms with Gasteiger partial charge in [-0.2, -0.15) is 5.21 Å². The summed E-state index contributed by atoms with van der Waals surface area (Å²) in [4.78, 5) is 8.68. The summed E-state index contributed by atoms with van der Waals surface area (Å²) < 4.78 is 27.5. The van der Waals surface area contributed by atoms with E-state index in [0.29, 0.717) is 22.9 Å². The van der Waals surface area contributed by atoms with Gasteiger partial charge in [0.05, 0.1) is 4.90 Å². The van der Waals surface area contributed by atoms with Gasteiger partial charge < -0.3 is 5.73 Å². The average molecular weight is 374 g/mol. The lowest BCUT2D eigenvalue weighted by molar-refractivity contribution is 0.588. The number of aromatic nitrogens is 6. The van der Waals surface area contributed by atoms with E-state index in [9.17, 15) is 8.42 Å². The fraction of sp³-hybridized carbons (Fsp3) is 0.267. The lowest BCUT2D eigenvalue weighted by Gasteiger charge is -2.22. The minimum Gasteiger partial charge on any atom is -0.399 e. The second-order valence-corrected chi connectivity index (χ2v) is 7.54. The molecule has 26 heavy (non-hydrogen) atoms. The first-order chi connectivity index (χ1) is 12.4. The highest BCUT2D eigenvalue weighted by Gasteiger charge is 2.27. The lowest BCUT2D eigenvalue weighted by Crippen LogP contribution is -2.35. The zero-order chi connectivity index (χ0) is 18.7. The molecule has 0 atom stereocenters. The van der Waals surface area contributed by atoms with Crippen LogP contribution >= 0.6 is 0 Å². The van der Waals surface area contributed by atoms with Crippen LogP contribution in [0, 0.1) is 13.8 Å². The molecular weight excluding hydrogens is 356 g/mol. The molecule has 10 nitrogen and oxygen atoms in total. The van der Waals surface area contributed by atoms with Crippen LogP contribution in [0.4, 0.5) is 11.6 Å². The lowest BCUT2D eigenvalue weighted by atomic mass is 10.3. The summed E-state index contributed by atoms with van der Waals surface area (Å²) in [5.74, 6) is 0.495. The van der Waals surface area contributed by atoms with Crippen LogP contribution in [0.15, 0.2) is 35.2 Å². The van der Waals surface area contributed by atoms with E-state index in [1.165, 1.54) is 24.3 Å². The van der Waals surface area contributed by atoms with Gasteiger partial charge in [-0.3, -0.25) is 0 Å². The van der Waals surface area contributed by atoms with Crippen molar-refractivity contribution in [2.24, 2.45) is 0 Å². The fourth-order valence-electron chi connectivity index (χ4n) is 2.40.